The maximum absolute atomic E-state index is 13.5. The Labute approximate surface area is 167 Å². The molecule has 29 heavy (non-hydrogen) atoms. The summed E-state index contributed by atoms with van der Waals surface area (Å²) in [6.07, 6.45) is 1.47. The number of carbonyl (C=O) groups is 2. The van der Waals surface area contributed by atoms with Gasteiger partial charge in [0.25, 0.3) is 0 Å². The highest BCUT2D eigenvalue weighted by Gasteiger charge is 2.34. The van der Waals surface area contributed by atoms with Crippen molar-refractivity contribution in [2.24, 2.45) is 7.05 Å². The van der Waals surface area contributed by atoms with Gasteiger partial charge in [-0.15, -0.1) is 11.3 Å². The molecule has 0 aliphatic heterocycles. The Hall–Kier alpha value is -3.45. The van der Waals surface area contributed by atoms with Crippen LogP contribution in [0.25, 0.3) is 27.8 Å². The summed E-state index contributed by atoms with van der Waals surface area (Å²) in [6, 6.07) is 13.2. The summed E-state index contributed by atoms with van der Waals surface area (Å²) >= 11 is 1.34. The fourth-order valence-electron chi connectivity index (χ4n) is 3.50. The molecule has 0 fully saturated rings. The highest BCUT2D eigenvalue weighted by atomic mass is 32.1. The van der Waals surface area contributed by atoms with Gasteiger partial charge in [-0.2, -0.15) is 0 Å². The minimum atomic E-state index is -1.15. The highest BCUT2D eigenvalue weighted by Crippen LogP contribution is 2.34. The molecule has 0 saturated heterocycles. The first-order valence-corrected chi connectivity index (χ1v) is 9.57. The summed E-state index contributed by atoms with van der Waals surface area (Å²) in [6.45, 7) is 0. The number of carbonyl (C=O) groups excluding carboxylic acids is 2. The number of benzene rings is 2. The van der Waals surface area contributed by atoms with E-state index in [4.69, 9.17) is 0 Å². The van der Waals surface area contributed by atoms with E-state index in [2.05, 4.69) is 4.98 Å². The summed E-state index contributed by atoms with van der Waals surface area (Å²) in [5.74, 6) is -2.67. The Morgan fingerprint density at radius 3 is 2.17 bits per heavy atom. The average molecular weight is 406 g/mol. The van der Waals surface area contributed by atoms with Crippen LogP contribution in [0.5, 0.6) is 0 Å². The van der Waals surface area contributed by atoms with Gasteiger partial charge in [0, 0.05) is 28.6 Å². The molecular weight excluding hydrogens is 394 g/mol. The van der Waals surface area contributed by atoms with Crippen molar-refractivity contribution in [2.75, 3.05) is 0 Å². The molecule has 0 bridgehead atoms. The lowest BCUT2D eigenvalue weighted by Gasteiger charge is -2.01. The fraction of sp³-hybridized carbons (Fsp3) is 0.0455. The van der Waals surface area contributed by atoms with Crippen LogP contribution in [0.2, 0.25) is 0 Å². The molecule has 0 saturated carbocycles. The van der Waals surface area contributed by atoms with Gasteiger partial charge in [0.2, 0.25) is 0 Å². The first-order valence-electron chi connectivity index (χ1n) is 8.76. The second-order valence-electron chi connectivity index (χ2n) is 6.73. The molecule has 142 valence electrons. The number of thiophene rings is 1. The number of aryl methyl sites for hydroxylation is 1. The van der Waals surface area contributed by atoms with Crippen molar-refractivity contribution in [2.45, 2.75) is 0 Å². The Balaban J connectivity index is 1.56. The smallest absolute Gasteiger partial charge is 0.197 e. The zero-order valence-electron chi connectivity index (χ0n) is 15.1. The molecule has 5 rings (SSSR count). The van der Waals surface area contributed by atoms with E-state index in [-0.39, 0.29) is 16.7 Å². The van der Waals surface area contributed by atoms with E-state index in [0.717, 1.165) is 33.9 Å². The SMILES string of the molecule is Cn1c(-c2ccccc2)nc2sc(C=C3C(=O)c4cc(F)c(F)cc4C3=O)cc21. The number of ketones is 2. The number of fused-ring (bicyclic) bond motifs is 2. The third-order valence-electron chi connectivity index (χ3n) is 4.96. The maximum atomic E-state index is 13.5. The molecule has 0 radical (unpaired) electrons. The van der Waals surface area contributed by atoms with Gasteiger partial charge in [0.1, 0.15) is 10.7 Å². The summed E-state index contributed by atoms with van der Waals surface area (Å²) in [7, 11) is 1.90. The molecule has 7 heteroatoms. The van der Waals surface area contributed by atoms with Crippen LogP contribution in [0.3, 0.4) is 0 Å². The summed E-state index contributed by atoms with van der Waals surface area (Å²) in [5, 5.41) is 0. The van der Waals surface area contributed by atoms with Crippen LogP contribution >= 0.6 is 11.3 Å². The molecule has 1 aliphatic rings. The highest BCUT2D eigenvalue weighted by molar-refractivity contribution is 7.19. The number of imidazole rings is 1. The van der Waals surface area contributed by atoms with Crippen LogP contribution in [-0.4, -0.2) is 21.1 Å². The van der Waals surface area contributed by atoms with Crippen LogP contribution in [0.4, 0.5) is 8.78 Å². The van der Waals surface area contributed by atoms with Gasteiger partial charge in [-0.25, -0.2) is 13.8 Å². The van der Waals surface area contributed by atoms with Crippen molar-refractivity contribution in [3.05, 3.63) is 81.7 Å². The molecule has 2 heterocycles. The summed E-state index contributed by atoms with van der Waals surface area (Å²) in [4.78, 5) is 31.2. The van der Waals surface area contributed by atoms with Crippen LogP contribution in [-0.2, 0) is 7.05 Å². The number of aromatic nitrogens is 2. The van der Waals surface area contributed by atoms with Gasteiger partial charge >= 0.3 is 0 Å². The van der Waals surface area contributed by atoms with Crippen molar-refractivity contribution < 1.29 is 18.4 Å². The van der Waals surface area contributed by atoms with E-state index in [1.54, 1.807) is 0 Å². The Kier molecular flexibility index (Phi) is 3.82. The van der Waals surface area contributed by atoms with Crippen LogP contribution in [0, 0.1) is 11.6 Å². The van der Waals surface area contributed by atoms with E-state index in [0.29, 0.717) is 4.88 Å². The standard InChI is InChI=1S/C22H12F2N2O2S/c1-26-18-8-12(29-22(18)25-21(26)11-5-3-2-4-6-11)7-15-19(27)13-9-16(23)17(24)10-14(13)20(15)28/h2-10H,1H3. The minimum Gasteiger partial charge on any atom is -0.326 e. The van der Waals surface area contributed by atoms with Crippen LogP contribution in [0.1, 0.15) is 25.6 Å². The molecule has 0 unspecified atom stereocenters. The monoisotopic (exact) mass is 406 g/mol. The Morgan fingerprint density at radius 1 is 0.966 bits per heavy atom. The number of hydrogen-bond acceptors (Lipinski definition) is 4. The molecule has 0 spiro atoms. The van der Waals surface area contributed by atoms with E-state index in [1.165, 1.54) is 17.4 Å². The Morgan fingerprint density at radius 2 is 1.59 bits per heavy atom. The van der Waals surface area contributed by atoms with E-state index in [9.17, 15) is 18.4 Å². The predicted molar refractivity (Wildman–Crippen MR) is 107 cm³/mol. The maximum Gasteiger partial charge on any atom is 0.197 e. The zero-order valence-corrected chi connectivity index (χ0v) is 15.9. The molecule has 2 aromatic heterocycles. The van der Waals surface area contributed by atoms with Gasteiger partial charge in [0.15, 0.2) is 23.2 Å². The summed E-state index contributed by atoms with van der Waals surface area (Å²) in [5.41, 5.74) is 1.54. The molecule has 4 nitrogen and oxygen atoms in total. The lowest BCUT2D eigenvalue weighted by Crippen LogP contribution is -1.99. The third kappa shape index (κ3) is 2.66. The van der Waals surface area contributed by atoms with Crippen molar-refractivity contribution in [1.29, 1.82) is 0 Å². The number of Topliss-reactive ketones (excluding diaryl/α,β-unsaturated/α-hetero) is 2. The number of hydrogen-bond donors (Lipinski definition) is 0. The fourth-order valence-corrected chi connectivity index (χ4v) is 4.50. The number of nitrogens with zero attached hydrogens (tertiary/aromatic N) is 2. The quantitative estimate of drug-likeness (QED) is 0.346. The number of allylic oxidation sites excluding steroid dienone is 1. The third-order valence-corrected chi connectivity index (χ3v) is 5.92. The van der Waals surface area contributed by atoms with Crippen molar-refractivity contribution in [1.82, 2.24) is 9.55 Å². The second-order valence-corrected chi connectivity index (χ2v) is 7.79. The predicted octanol–water partition coefficient (Wildman–Crippen LogP) is 5.04. The second kappa shape index (κ2) is 6.28. The van der Waals surface area contributed by atoms with Crippen molar-refractivity contribution in [3.8, 4) is 11.4 Å². The lowest BCUT2D eigenvalue weighted by atomic mass is 10.1. The van der Waals surface area contributed by atoms with Crippen molar-refractivity contribution in [3.63, 3.8) is 0 Å². The minimum absolute atomic E-state index is 0.0974. The first-order chi connectivity index (χ1) is 13.9. The normalized spacial score (nSPS) is 13.4. The topological polar surface area (TPSA) is 52.0 Å². The van der Waals surface area contributed by atoms with E-state index >= 15 is 0 Å². The van der Waals surface area contributed by atoms with Crippen LogP contribution in [0.15, 0.2) is 54.1 Å². The zero-order chi connectivity index (χ0) is 20.3. The Bertz CT molecular complexity index is 1320. The number of rotatable bonds is 2. The first kappa shape index (κ1) is 17.6. The molecule has 2 aromatic carbocycles. The number of halogens is 2. The summed E-state index contributed by atoms with van der Waals surface area (Å²) < 4.78 is 28.9. The van der Waals surface area contributed by atoms with Crippen LogP contribution < -0.4 is 0 Å². The molecular formula is C22H12F2N2O2S. The molecule has 0 atom stereocenters. The molecule has 0 amide bonds. The largest absolute Gasteiger partial charge is 0.326 e. The van der Waals surface area contributed by atoms with Gasteiger partial charge in [0.05, 0.1) is 11.1 Å². The van der Waals surface area contributed by atoms with E-state index < -0.39 is 23.2 Å². The molecule has 1 aliphatic carbocycles. The van der Waals surface area contributed by atoms with Gasteiger partial charge < -0.3 is 4.57 Å². The molecule has 0 N–H and O–H groups in total. The molecule has 4 aromatic rings. The van der Waals surface area contributed by atoms with Crippen molar-refractivity contribution >= 4 is 39.3 Å². The van der Waals surface area contributed by atoms with Gasteiger partial charge in [-0.05, 0) is 24.3 Å². The average Bonchev–Trinajstić information content (AvgIpc) is 3.32. The van der Waals surface area contributed by atoms with E-state index in [1.807, 2.05) is 48.0 Å². The lowest BCUT2D eigenvalue weighted by molar-refractivity contribution is 0.0990. The van der Waals surface area contributed by atoms with Gasteiger partial charge in [-0.1, -0.05) is 30.3 Å². The van der Waals surface area contributed by atoms with Gasteiger partial charge in [-0.3, -0.25) is 9.59 Å².